The lowest BCUT2D eigenvalue weighted by molar-refractivity contribution is -0.140. The highest BCUT2D eigenvalue weighted by atomic mass is 19.4. The highest BCUT2D eigenvalue weighted by Crippen LogP contribution is 2.34. The van der Waals surface area contributed by atoms with E-state index in [0.29, 0.717) is 40.6 Å². The van der Waals surface area contributed by atoms with Gasteiger partial charge in [-0.1, -0.05) is 6.07 Å². The van der Waals surface area contributed by atoms with Gasteiger partial charge in [0.05, 0.1) is 24.2 Å². The van der Waals surface area contributed by atoms with Crippen molar-refractivity contribution in [3.8, 4) is 17.0 Å². The molecule has 5 rings (SSSR count). The van der Waals surface area contributed by atoms with Crippen LogP contribution < -0.4 is 10.1 Å². The minimum absolute atomic E-state index is 0.239. The molecule has 0 spiro atoms. The molecule has 186 valence electrons. The van der Waals surface area contributed by atoms with Crippen LogP contribution in [0.5, 0.6) is 5.88 Å². The lowest BCUT2D eigenvalue weighted by atomic mass is 10.0. The molecule has 3 aromatic heterocycles. The quantitative estimate of drug-likeness (QED) is 0.425. The summed E-state index contributed by atoms with van der Waals surface area (Å²) in [5, 5.41) is 7.56. The van der Waals surface area contributed by atoms with Crippen LogP contribution >= 0.6 is 0 Å². The molecule has 0 amide bonds. The summed E-state index contributed by atoms with van der Waals surface area (Å²) < 4.78 is 62.2. The number of benzene rings is 1. The third-order valence-corrected chi connectivity index (χ3v) is 6.32. The van der Waals surface area contributed by atoms with Crippen LogP contribution in [0.2, 0.25) is 0 Å². The predicted molar refractivity (Wildman–Crippen MR) is 123 cm³/mol. The Kier molecular flexibility index (Phi) is 5.78. The van der Waals surface area contributed by atoms with Crippen molar-refractivity contribution in [3.63, 3.8) is 0 Å². The highest BCUT2D eigenvalue weighted by Gasteiger charge is 2.30. The number of anilines is 1. The average Bonchev–Trinajstić information content (AvgIpc) is 3.35. The monoisotopic (exact) mass is 491 g/mol. The van der Waals surface area contributed by atoms with Gasteiger partial charge in [0.2, 0.25) is 11.8 Å². The van der Waals surface area contributed by atoms with Gasteiger partial charge >= 0.3 is 6.18 Å². The SMILES string of the molecule is COc1nc(N[C@@H]2CCN(C)C[C@@H]2F)nn2ccc(-c3ccc4nc(C)n(CC(F)(F)F)c4c3)c12. The Bertz CT molecular complexity index is 1380. The number of aryl methyl sites for hydroxylation is 1. The fraction of sp³-hybridized carbons (Fsp3) is 0.435. The normalized spacial score (nSPS) is 19.5. The third kappa shape index (κ3) is 4.49. The molecule has 1 aromatic carbocycles. The smallest absolute Gasteiger partial charge is 0.406 e. The van der Waals surface area contributed by atoms with E-state index in [1.54, 1.807) is 41.9 Å². The second-order valence-electron chi connectivity index (χ2n) is 8.85. The Balaban J connectivity index is 1.53. The first-order valence-electron chi connectivity index (χ1n) is 11.2. The van der Waals surface area contributed by atoms with Crippen molar-refractivity contribution >= 4 is 22.5 Å². The van der Waals surface area contributed by atoms with Crippen LogP contribution in [0.25, 0.3) is 27.7 Å². The molecule has 8 nitrogen and oxygen atoms in total. The van der Waals surface area contributed by atoms with E-state index in [2.05, 4.69) is 20.4 Å². The maximum absolute atomic E-state index is 14.5. The van der Waals surface area contributed by atoms with Gasteiger partial charge in [0.25, 0.3) is 0 Å². The highest BCUT2D eigenvalue weighted by molar-refractivity contribution is 5.89. The number of alkyl halides is 4. The molecule has 12 heteroatoms. The largest absolute Gasteiger partial charge is 0.479 e. The molecule has 1 saturated heterocycles. The Morgan fingerprint density at radius 2 is 2.00 bits per heavy atom. The average molecular weight is 491 g/mol. The molecule has 1 aliphatic rings. The summed E-state index contributed by atoms with van der Waals surface area (Å²) in [5.74, 6) is 0.793. The number of piperidine rings is 1. The van der Waals surface area contributed by atoms with Crippen molar-refractivity contribution in [3.05, 3.63) is 36.3 Å². The molecule has 1 aliphatic heterocycles. The van der Waals surface area contributed by atoms with Crippen LogP contribution in [0, 0.1) is 6.92 Å². The van der Waals surface area contributed by atoms with E-state index >= 15 is 0 Å². The molecular formula is C23H25F4N7O. The summed E-state index contributed by atoms with van der Waals surface area (Å²) in [6, 6.07) is 6.54. The zero-order valence-electron chi connectivity index (χ0n) is 19.5. The standard InChI is InChI=1S/C23H25F4N7O/c1-13-28-18-5-4-14(10-19(18)33(13)12-23(25,26)27)15-6-9-34-20(15)21(35-3)30-22(31-34)29-17-7-8-32(2)11-16(17)24/h4-6,9-10,16-17H,7-8,11-12H2,1-3H3,(H,29,31)/t16-,17+/m0/s1. The van der Waals surface area contributed by atoms with E-state index < -0.39 is 24.9 Å². The maximum Gasteiger partial charge on any atom is 0.406 e. The topological polar surface area (TPSA) is 72.5 Å². The van der Waals surface area contributed by atoms with Gasteiger partial charge in [-0.3, -0.25) is 0 Å². The second-order valence-corrected chi connectivity index (χ2v) is 8.85. The molecular weight excluding hydrogens is 466 g/mol. The van der Waals surface area contributed by atoms with Gasteiger partial charge in [-0.15, -0.1) is 5.10 Å². The predicted octanol–water partition coefficient (Wildman–Crippen LogP) is 4.08. The number of imidazole rings is 1. The number of methoxy groups -OCH3 is 1. The van der Waals surface area contributed by atoms with Gasteiger partial charge in [-0.05, 0) is 44.2 Å². The van der Waals surface area contributed by atoms with Crippen molar-refractivity contribution in [2.75, 3.05) is 32.6 Å². The van der Waals surface area contributed by atoms with E-state index in [1.165, 1.54) is 7.11 Å². The van der Waals surface area contributed by atoms with Crippen molar-refractivity contribution in [2.45, 2.75) is 38.3 Å². The lowest BCUT2D eigenvalue weighted by Gasteiger charge is -2.32. The zero-order valence-corrected chi connectivity index (χ0v) is 19.5. The van der Waals surface area contributed by atoms with Gasteiger partial charge < -0.3 is 19.5 Å². The Morgan fingerprint density at radius 3 is 2.71 bits per heavy atom. The van der Waals surface area contributed by atoms with Crippen LogP contribution in [0.3, 0.4) is 0 Å². The molecule has 4 aromatic rings. The van der Waals surface area contributed by atoms with Gasteiger partial charge in [0, 0.05) is 24.8 Å². The number of likely N-dealkylation sites (tertiary alicyclic amines) is 1. The van der Waals surface area contributed by atoms with Crippen LogP contribution in [0.1, 0.15) is 12.2 Å². The van der Waals surface area contributed by atoms with Gasteiger partial charge in [0.1, 0.15) is 24.1 Å². The minimum Gasteiger partial charge on any atom is -0.479 e. The Hall–Kier alpha value is -3.41. The van der Waals surface area contributed by atoms with E-state index in [1.807, 2.05) is 11.9 Å². The van der Waals surface area contributed by atoms with E-state index in [4.69, 9.17) is 4.74 Å². The summed E-state index contributed by atoms with van der Waals surface area (Å²) in [5.41, 5.74) is 2.77. The number of aromatic nitrogens is 5. The fourth-order valence-electron chi connectivity index (χ4n) is 4.60. The first-order valence-corrected chi connectivity index (χ1v) is 11.2. The number of halogens is 4. The van der Waals surface area contributed by atoms with Crippen LogP contribution in [0.4, 0.5) is 23.5 Å². The lowest BCUT2D eigenvalue weighted by Crippen LogP contribution is -2.46. The van der Waals surface area contributed by atoms with Gasteiger partial charge in [-0.25, -0.2) is 13.9 Å². The maximum atomic E-state index is 14.5. The summed E-state index contributed by atoms with van der Waals surface area (Å²) in [4.78, 5) is 10.6. The molecule has 0 bridgehead atoms. The zero-order chi connectivity index (χ0) is 24.9. The third-order valence-electron chi connectivity index (χ3n) is 6.32. The number of fused-ring (bicyclic) bond motifs is 2. The summed E-state index contributed by atoms with van der Waals surface area (Å²) in [7, 11) is 3.35. The van der Waals surface area contributed by atoms with Gasteiger partial charge in [-0.2, -0.15) is 18.2 Å². The van der Waals surface area contributed by atoms with Crippen LogP contribution in [-0.2, 0) is 6.54 Å². The van der Waals surface area contributed by atoms with E-state index in [9.17, 15) is 17.6 Å². The number of ether oxygens (including phenoxy) is 1. The first-order chi connectivity index (χ1) is 16.6. The van der Waals surface area contributed by atoms with E-state index in [0.717, 1.165) is 11.1 Å². The number of nitrogens with one attached hydrogen (secondary N) is 1. The molecule has 0 unspecified atom stereocenters. The number of hydrogen-bond donors (Lipinski definition) is 1. The summed E-state index contributed by atoms with van der Waals surface area (Å²) in [6.45, 7) is 1.52. The van der Waals surface area contributed by atoms with Crippen molar-refractivity contribution in [2.24, 2.45) is 0 Å². The van der Waals surface area contributed by atoms with Crippen LogP contribution in [-0.4, -0.2) is 74.7 Å². The second kappa shape index (κ2) is 8.67. The molecule has 0 saturated carbocycles. The summed E-state index contributed by atoms with van der Waals surface area (Å²) in [6.07, 6.45) is -3.10. The number of hydrogen-bond acceptors (Lipinski definition) is 6. The minimum atomic E-state index is -4.37. The first kappa shape index (κ1) is 23.3. The van der Waals surface area contributed by atoms with Crippen molar-refractivity contribution in [1.29, 1.82) is 0 Å². The van der Waals surface area contributed by atoms with Crippen LogP contribution in [0.15, 0.2) is 30.5 Å². The molecule has 2 atom stereocenters. The molecule has 0 aliphatic carbocycles. The fourth-order valence-corrected chi connectivity index (χ4v) is 4.60. The summed E-state index contributed by atoms with van der Waals surface area (Å²) >= 11 is 0. The molecule has 1 fully saturated rings. The van der Waals surface area contributed by atoms with E-state index in [-0.39, 0.29) is 17.7 Å². The molecule has 0 radical (unpaired) electrons. The molecule has 1 N–H and O–H groups in total. The van der Waals surface area contributed by atoms with Gasteiger partial charge in [0.15, 0.2) is 0 Å². The Morgan fingerprint density at radius 1 is 1.20 bits per heavy atom. The molecule has 4 heterocycles. The number of rotatable bonds is 5. The van der Waals surface area contributed by atoms with Crippen molar-refractivity contribution < 1.29 is 22.3 Å². The molecule has 35 heavy (non-hydrogen) atoms. The van der Waals surface area contributed by atoms with Crippen molar-refractivity contribution in [1.82, 2.24) is 29.0 Å². The number of nitrogens with zero attached hydrogens (tertiary/aromatic N) is 6. The Labute approximate surface area is 198 Å².